The number of nitrogens with one attached hydrogen (secondary N) is 2. The smallest absolute Gasteiger partial charge is 0.224 e. The summed E-state index contributed by atoms with van der Waals surface area (Å²) < 4.78 is 0. The summed E-state index contributed by atoms with van der Waals surface area (Å²) in [4.78, 5) is 14.4. The van der Waals surface area contributed by atoms with E-state index in [-0.39, 0.29) is 5.91 Å². The minimum Gasteiger partial charge on any atom is -0.372 e. The van der Waals surface area contributed by atoms with Gasteiger partial charge in [-0.1, -0.05) is 12.8 Å². The average molecular weight is 287 g/mol. The minimum absolute atomic E-state index is 0.129. The van der Waals surface area contributed by atoms with Crippen LogP contribution in [0.5, 0.6) is 0 Å². The van der Waals surface area contributed by atoms with Crippen molar-refractivity contribution in [3.8, 4) is 0 Å². The first-order valence-corrected chi connectivity index (χ1v) is 8.17. The fourth-order valence-corrected chi connectivity index (χ4v) is 3.05. The Hall–Kier alpha value is -1.55. The fraction of sp³-hybridized carbons (Fsp3) is 0.588. The lowest BCUT2D eigenvalue weighted by molar-refractivity contribution is -0.117. The molecule has 1 aromatic rings. The SMILES string of the molecule is O=C(CC1CNC1)Nc1ccc(N2CCCCCC2)cc1. The van der Waals surface area contributed by atoms with Gasteiger partial charge in [-0.2, -0.15) is 0 Å². The third-order valence-electron chi connectivity index (χ3n) is 4.46. The summed E-state index contributed by atoms with van der Waals surface area (Å²) in [6, 6.07) is 8.31. The molecular formula is C17H25N3O. The topological polar surface area (TPSA) is 44.4 Å². The molecule has 4 nitrogen and oxygen atoms in total. The Bertz CT molecular complexity index is 459. The van der Waals surface area contributed by atoms with Crippen LogP contribution >= 0.6 is 0 Å². The first-order valence-electron chi connectivity index (χ1n) is 8.17. The van der Waals surface area contributed by atoms with Crippen LogP contribution in [0.3, 0.4) is 0 Å². The molecule has 2 aliphatic rings. The van der Waals surface area contributed by atoms with E-state index in [1.165, 1.54) is 31.4 Å². The van der Waals surface area contributed by atoms with E-state index in [0.717, 1.165) is 31.9 Å². The third-order valence-corrected chi connectivity index (χ3v) is 4.46. The van der Waals surface area contributed by atoms with E-state index >= 15 is 0 Å². The number of rotatable bonds is 4. The highest BCUT2D eigenvalue weighted by Crippen LogP contribution is 2.22. The maximum absolute atomic E-state index is 11.9. The van der Waals surface area contributed by atoms with Crippen LogP contribution in [0, 0.1) is 5.92 Å². The predicted molar refractivity (Wildman–Crippen MR) is 86.7 cm³/mol. The Morgan fingerprint density at radius 2 is 1.76 bits per heavy atom. The zero-order valence-corrected chi connectivity index (χ0v) is 12.6. The van der Waals surface area contributed by atoms with Gasteiger partial charge in [0, 0.05) is 30.9 Å². The van der Waals surface area contributed by atoms with Gasteiger partial charge in [-0.15, -0.1) is 0 Å². The maximum atomic E-state index is 11.9. The molecule has 2 N–H and O–H groups in total. The summed E-state index contributed by atoms with van der Waals surface area (Å²) in [6.45, 7) is 4.25. The van der Waals surface area contributed by atoms with Crippen LogP contribution in [-0.2, 0) is 4.79 Å². The van der Waals surface area contributed by atoms with Crippen molar-refractivity contribution < 1.29 is 4.79 Å². The molecule has 2 heterocycles. The normalized spacial score (nSPS) is 19.7. The minimum atomic E-state index is 0.129. The van der Waals surface area contributed by atoms with E-state index < -0.39 is 0 Å². The standard InChI is InChI=1S/C17H25N3O/c21-17(11-14-12-18-13-14)19-15-5-7-16(8-6-15)20-9-3-1-2-4-10-20/h5-8,14,18H,1-4,9-13H2,(H,19,21). The predicted octanol–water partition coefficient (Wildman–Crippen LogP) is 2.62. The Morgan fingerprint density at radius 3 is 2.33 bits per heavy atom. The molecule has 0 aliphatic carbocycles. The second-order valence-electron chi connectivity index (χ2n) is 6.22. The van der Waals surface area contributed by atoms with Crippen molar-refractivity contribution in [2.24, 2.45) is 5.92 Å². The number of hydrogen-bond acceptors (Lipinski definition) is 3. The van der Waals surface area contributed by atoms with E-state index in [2.05, 4.69) is 27.7 Å². The molecule has 0 saturated carbocycles. The summed E-state index contributed by atoms with van der Waals surface area (Å²) in [6.07, 6.45) is 5.89. The lowest BCUT2D eigenvalue weighted by atomic mass is 9.99. The Labute approximate surface area is 126 Å². The van der Waals surface area contributed by atoms with Gasteiger partial charge in [0.25, 0.3) is 0 Å². The summed E-state index contributed by atoms with van der Waals surface area (Å²) in [5.74, 6) is 0.644. The van der Waals surface area contributed by atoms with E-state index in [0.29, 0.717) is 12.3 Å². The summed E-state index contributed by atoms with van der Waals surface area (Å²) in [7, 11) is 0. The molecular weight excluding hydrogens is 262 g/mol. The van der Waals surface area contributed by atoms with E-state index in [1.54, 1.807) is 0 Å². The van der Waals surface area contributed by atoms with Crippen LogP contribution in [0.15, 0.2) is 24.3 Å². The van der Waals surface area contributed by atoms with Gasteiger partial charge in [-0.05, 0) is 56.1 Å². The number of anilines is 2. The molecule has 2 fully saturated rings. The second-order valence-corrected chi connectivity index (χ2v) is 6.22. The number of benzene rings is 1. The van der Waals surface area contributed by atoms with E-state index in [1.807, 2.05) is 12.1 Å². The van der Waals surface area contributed by atoms with Crippen molar-refractivity contribution in [1.29, 1.82) is 0 Å². The highest BCUT2D eigenvalue weighted by molar-refractivity contribution is 5.91. The van der Waals surface area contributed by atoms with E-state index in [4.69, 9.17) is 0 Å². The summed E-state index contributed by atoms with van der Waals surface area (Å²) >= 11 is 0. The van der Waals surface area contributed by atoms with Gasteiger partial charge in [0.15, 0.2) is 0 Å². The molecule has 2 saturated heterocycles. The van der Waals surface area contributed by atoms with Crippen molar-refractivity contribution >= 4 is 17.3 Å². The molecule has 1 amide bonds. The van der Waals surface area contributed by atoms with Gasteiger partial charge in [-0.3, -0.25) is 4.79 Å². The Morgan fingerprint density at radius 1 is 1.10 bits per heavy atom. The fourth-order valence-electron chi connectivity index (χ4n) is 3.05. The zero-order chi connectivity index (χ0) is 14.5. The maximum Gasteiger partial charge on any atom is 0.224 e. The van der Waals surface area contributed by atoms with Crippen molar-refractivity contribution in [2.75, 3.05) is 36.4 Å². The quantitative estimate of drug-likeness (QED) is 0.894. The molecule has 1 aromatic carbocycles. The Balaban J connectivity index is 1.54. The number of carbonyl (C=O) groups excluding carboxylic acids is 1. The molecule has 0 radical (unpaired) electrons. The van der Waals surface area contributed by atoms with Crippen LogP contribution in [-0.4, -0.2) is 32.1 Å². The zero-order valence-electron chi connectivity index (χ0n) is 12.6. The third kappa shape index (κ3) is 3.97. The van der Waals surface area contributed by atoms with Gasteiger partial charge in [0.1, 0.15) is 0 Å². The molecule has 0 atom stereocenters. The number of nitrogens with zero attached hydrogens (tertiary/aromatic N) is 1. The number of amides is 1. The van der Waals surface area contributed by atoms with Crippen molar-refractivity contribution in [2.45, 2.75) is 32.1 Å². The Kier molecular flexibility index (Phi) is 4.76. The molecule has 3 rings (SSSR count). The second kappa shape index (κ2) is 6.94. The molecule has 4 heteroatoms. The van der Waals surface area contributed by atoms with Crippen molar-refractivity contribution in [3.63, 3.8) is 0 Å². The lowest BCUT2D eigenvalue weighted by Crippen LogP contribution is -2.43. The van der Waals surface area contributed by atoms with E-state index in [9.17, 15) is 4.79 Å². The van der Waals surface area contributed by atoms with Crippen LogP contribution in [0.4, 0.5) is 11.4 Å². The molecule has 0 unspecified atom stereocenters. The molecule has 0 aromatic heterocycles. The van der Waals surface area contributed by atoms with Gasteiger partial charge in [-0.25, -0.2) is 0 Å². The lowest BCUT2D eigenvalue weighted by Gasteiger charge is -2.26. The summed E-state index contributed by atoms with van der Waals surface area (Å²) in [5.41, 5.74) is 2.18. The highest BCUT2D eigenvalue weighted by atomic mass is 16.1. The molecule has 2 aliphatic heterocycles. The van der Waals surface area contributed by atoms with Crippen LogP contribution in [0.25, 0.3) is 0 Å². The van der Waals surface area contributed by atoms with Gasteiger partial charge < -0.3 is 15.5 Å². The monoisotopic (exact) mass is 287 g/mol. The molecule has 0 bridgehead atoms. The average Bonchev–Trinajstić information content (AvgIpc) is 2.73. The van der Waals surface area contributed by atoms with Gasteiger partial charge in [0.05, 0.1) is 0 Å². The van der Waals surface area contributed by atoms with Crippen LogP contribution < -0.4 is 15.5 Å². The van der Waals surface area contributed by atoms with Crippen LogP contribution in [0.1, 0.15) is 32.1 Å². The molecule has 21 heavy (non-hydrogen) atoms. The van der Waals surface area contributed by atoms with Crippen LogP contribution in [0.2, 0.25) is 0 Å². The molecule has 0 spiro atoms. The first-order chi connectivity index (χ1) is 10.3. The first kappa shape index (κ1) is 14.4. The number of hydrogen-bond donors (Lipinski definition) is 2. The highest BCUT2D eigenvalue weighted by Gasteiger charge is 2.20. The van der Waals surface area contributed by atoms with Gasteiger partial charge in [0.2, 0.25) is 5.91 Å². The van der Waals surface area contributed by atoms with Crippen molar-refractivity contribution in [3.05, 3.63) is 24.3 Å². The summed E-state index contributed by atoms with van der Waals surface area (Å²) in [5, 5.41) is 6.19. The largest absolute Gasteiger partial charge is 0.372 e. The van der Waals surface area contributed by atoms with Gasteiger partial charge >= 0.3 is 0 Å². The van der Waals surface area contributed by atoms with Crippen molar-refractivity contribution in [1.82, 2.24) is 5.32 Å². The molecule has 114 valence electrons. The number of carbonyl (C=O) groups is 1.